The minimum Gasteiger partial charge on any atom is -0.325 e. The van der Waals surface area contributed by atoms with E-state index in [0.717, 1.165) is 34.3 Å². The lowest BCUT2D eigenvalue weighted by Crippen LogP contribution is -2.14. The Balaban J connectivity index is 1.67. The Hall–Kier alpha value is -2.60. The highest BCUT2D eigenvalue weighted by atomic mass is 32.2. The lowest BCUT2D eigenvalue weighted by Gasteiger charge is -2.08. The van der Waals surface area contributed by atoms with E-state index >= 15 is 0 Å². The van der Waals surface area contributed by atoms with Crippen LogP contribution >= 0.6 is 11.8 Å². The molecule has 1 amide bonds. The second-order valence-corrected chi connectivity index (χ2v) is 7.06. The van der Waals surface area contributed by atoms with Crippen LogP contribution in [0, 0.1) is 13.8 Å². The molecular formula is C20H22N4OS. The summed E-state index contributed by atoms with van der Waals surface area (Å²) in [6, 6.07) is 16.0. The van der Waals surface area contributed by atoms with Crippen molar-refractivity contribution in [2.75, 3.05) is 11.1 Å². The summed E-state index contributed by atoms with van der Waals surface area (Å²) in [5.74, 6) is 1.07. The summed E-state index contributed by atoms with van der Waals surface area (Å²) in [5.41, 5.74) is 4.20. The second-order valence-electron chi connectivity index (χ2n) is 6.12. The van der Waals surface area contributed by atoms with Gasteiger partial charge in [0.05, 0.1) is 5.75 Å². The zero-order valence-electron chi connectivity index (χ0n) is 15.2. The number of carbonyl (C=O) groups is 1. The number of amides is 1. The number of nitrogens with zero attached hydrogens (tertiary/aromatic N) is 3. The highest BCUT2D eigenvalue weighted by molar-refractivity contribution is 7.99. The summed E-state index contributed by atoms with van der Waals surface area (Å²) in [5, 5.41) is 12.2. The number of hydrogen-bond acceptors (Lipinski definition) is 4. The fourth-order valence-corrected chi connectivity index (χ4v) is 3.36. The van der Waals surface area contributed by atoms with Crippen molar-refractivity contribution < 1.29 is 4.79 Å². The van der Waals surface area contributed by atoms with E-state index in [1.54, 1.807) is 0 Å². The molecule has 5 nitrogen and oxygen atoms in total. The Kier molecular flexibility index (Phi) is 5.73. The molecule has 0 saturated heterocycles. The summed E-state index contributed by atoms with van der Waals surface area (Å²) >= 11 is 1.40. The van der Waals surface area contributed by atoms with Crippen LogP contribution in [0.25, 0.3) is 11.4 Å². The molecule has 1 N–H and O–H groups in total. The first kappa shape index (κ1) is 18.2. The molecule has 3 aromatic rings. The average Bonchev–Trinajstić information content (AvgIpc) is 3.05. The van der Waals surface area contributed by atoms with Gasteiger partial charge < -0.3 is 9.88 Å². The maximum atomic E-state index is 12.2. The predicted molar refractivity (Wildman–Crippen MR) is 106 cm³/mol. The number of aromatic nitrogens is 3. The monoisotopic (exact) mass is 366 g/mol. The van der Waals surface area contributed by atoms with Gasteiger partial charge in [-0.25, -0.2) is 0 Å². The molecule has 26 heavy (non-hydrogen) atoms. The predicted octanol–water partition coefficient (Wildman–Crippen LogP) is 4.31. The quantitative estimate of drug-likeness (QED) is 0.660. The van der Waals surface area contributed by atoms with Gasteiger partial charge in [0, 0.05) is 17.8 Å². The van der Waals surface area contributed by atoms with E-state index in [2.05, 4.69) is 41.5 Å². The number of carbonyl (C=O) groups excluding carboxylic acids is 1. The van der Waals surface area contributed by atoms with E-state index in [1.807, 2.05) is 47.9 Å². The van der Waals surface area contributed by atoms with Crippen molar-refractivity contribution in [1.29, 1.82) is 0 Å². The summed E-state index contributed by atoms with van der Waals surface area (Å²) in [6.07, 6.45) is 0. The van der Waals surface area contributed by atoms with Crippen LogP contribution in [-0.4, -0.2) is 26.4 Å². The zero-order valence-corrected chi connectivity index (χ0v) is 16.0. The summed E-state index contributed by atoms with van der Waals surface area (Å²) in [4.78, 5) is 12.2. The Labute approximate surface area is 157 Å². The number of nitrogens with one attached hydrogen (secondary N) is 1. The molecule has 3 rings (SSSR count). The van der Waals surface area contributed by atoms with E-state index in [4.69, 9.17) is 0 Å². The SMILES string of the molecule is CCn1c(SCC(=O)Nc2ccc(C)cc2)nnc1-c1ccc(C)cc1. The molecule has 0 atom stereocenters. The molecular weight excluding hydrogens is 344 g/mol. The van der Waals surface area contributed by atoms with Crippen molar-refractivity contribution in [3.63, 3.8) is 0 Å². The van der Waals surface area contributed by atoms with Crippen LogP contribution in [0.15, 0.2) is 53.7 Å². The molecule has 1 aromatic heterocycles. The first-order chi connectivity index (χ1) is 12.6. The minimum atomic E-state index is -0.0543. The van der Waals surface area contributed by atoms with E-state index in [-0.39, 0.29) is 5.91 Å². The lowest BCUT2D eigenvalue weighted by atomic mass is 10.1. The molecule has 0 spiro atoms. The lowest BCUT2D eigenvalue weighted by molar-refractivity contribution is -0.113. The fraction of sp³-hybridized carbons (Fsp3) is 0.250. The van der Waals surface area contributed by atoms with Crippen LogP contribution in [0.3, 0.4) is 0 Å². The number of anilines is 1. The van der Waals surface area contributed by atoms with Crippen molar-refractivity contribution in [3.8, 4) is 11.4 Å². The maximum absolute atomic E-state index is 12.2. The molecule has 0 unspecified atom stereocenters. The van der Waals surface area contributed by atoms with Gasteiger partial charge in [0.15, 0.2) is 11.0 Å². The molecule has 0 aliphatic carbocycles. The smallest absolute Gasteiger partial charge is 0.234 e. The van der Waals surface area contributed by atoms with Gasteiger partial charge in [0.2, 0.25) is 5.91 Å². The van der Waals surface area contributed by atoms with E-state index in [0.29, 0.717) is 5.75 Å². The van der Waals surface area contributed by atoms with Gasteiger partial charge in [-0.05, 0) is 32.9 Å². The summed E-state index contributed by atoms with van der Waals surface area (Å²) in [7, 11) is 0. The Morgan fingerprint density at radius 1 is 1.00 bits per heavy atom. The third kappa shape index (κ3) is 4.32. The summed E-state index contributed by atoms with van der Waals surface area (Å²) < 4.78 is 2.04. The van der Waals surface area contributed by atoms with Crippen LogP contribution < -0.4 is 5.32 Å². The maximum Gasteiger partial charge on any atom is 0.234 e. The van der Waals surface area contributed by atoms with Gasteiger partial charge in [0.1, 0.15) is 0 Å². The van der Waals surface area contributed by atoms with Gasteiger partial charge in [-0.3, -0.25) is 4.79 Å². The molecule has 0 saturated carbocycles. The van der Waals surface area contributed by atoms with Crippen molar-refractivity contribution in [3.05, 3.63) is 59.7 Å². The molecule has 1 heterocycles. The molecule has 2 aromatic carbocycles. The van der Waals surface area contributed by atoms with Crippen LogP contribution in [-0.2, 0) is 11.3 Å². The van der Waals surface area contributed by atoms with Gasteiger partial charge >= 0.3 is 0 Å². The van der Waals surface area contributed by atoms with E-state index in [9.17, 15) is 4.79 Å². The molecule has 0 bridgehead atoms. The largest absolute Gasteiger partial charge is 0.325 e. The topological polar surface area (TPSA) is 59.8 Å². The van der Waals surface area contributed by atoms with Crippen LogP contribution in [0.5, 0.6) is 0 Å². The molecule has 0 aliphatic heterocycles. The Bertz CT molecular complexity index is 885. The first-order valence-electron chi connectivity index (χ1n) is 8.56. The highest BCUT2D eigenvalue weighted by Gasteiger charge is 2.14. The number of aryl methyl sites for hydroxylation is 2. The molecule has 6 heteroatoms. The fourth-order valence-electron chi connectivity index (χ4n) is 2.56. The van der Waals surface area contributed by atoms with Crippen molar-refractivity contribution in [2.24, 2.45) is 0 Å². The van der Waals surface area contributed by atoms with Gasteiger partial charge in [-0.15, -0.1) is 10.2 Å². The number of thioether (sulfide) groups is 1. The average molecular weight is 366 g/mol. The van der Waals surface area contributed by atoms with Crippen molar-refractivity contribution in [1.82, 2.24) is 14.8 Å². The minimum absolute atomic E-state index is 0.0543. The Morgan fingerprint density at radius 2 is 1.62 bits per heavy atom. The molecule has 0 fully saturated rings. The van der Waals surface area contributed by atoms with Gasteiger partial charge in [0.25, 0.3) is 0 Å². The standard InChI is InChI=1S/C20H22N4OS/c1-4-24-19(16-9-5-14(2)6-10-16)22-23-20(24)26-13-18(25)21-17-11-7-15(3)8-12-17/h5-12H,4,13H2,1-3H3,(H,21,25). The number of rotatable bonds is 6. The number of benzene rings is 2. The van der Waals surface area contributed by atoms with E-state index < -0.39 is 0 Å². The normalized spacial score (nSPS) is 10.7. The Morgan fingerprint density at radius 3 is 2.23 bits per heavy atom. The van der Waals surface area contributed by atoms with Crippen LogP contribution in [0.2, 0.25) is 0 Å². The van der Waals surface area contributed by atoms with Crippen molar-refractivity contribution >= 4 is 23.4 Å². The van der Waals surface area contributed by atoms with Crippen molar-refractivity contribution in [2.45, 2.75) is 32.5 Å². The second kappa shape index (κ2) is 8.19. The molecule has 0 radical (unpaired) electrons. The van der Waals surface area contributed by atoms with E-state index in [1.165, 1.54) is 17.3 Å². The first-order valence-corrected chi connectivity index (χ1v) is 9.55. The third-order valence-corrected chi connectivity index (χ3v) is 4.98. The summed E-state index contributed by atoms with van der Waals surface area (Å²) in [6.45, 7) is 6.88. The van der Waals surface area contributed by atoms with Gasteiger partial charge in [-0.2, -0.15) is 0 Å². The molecule has 0 aliphatic rings. The third-order valence-electron chi connectivity index (χ3n) is 4.01. The zero-order chi connectivity index (χ0) is 18.5. The van der Waals surface area contributed by atoms with Gasteiger partial charge in [-0.1, -0.05) is 59.3 Å². The highest BCUT2D eigenvalue weighted by Crippen LogP contribution is 2.24. The van der Waals surface area contributed by atoms with Crippen LogP contribution in [0.4, 0.5) is 5.69 Å². The molecule has 134 valence electrons. The number of hydrogen-bond donors (Lipinski definition) is 1. The van der Waals surface area contributed by atoms with Crippen LogP contribution in [0.1, 0.15) is 18.1 Å².